The molecule has 0 spiro atoms. The molecule has 2 heterocycles. The van der Waals surface area contributed by atoms with Crippen molar-refractivity contribution in [2.24, 2.45) is 5.92 Å². The van der Waals surface area contributed by atoms with Gasteiger partial charge in [0, 0.05) is 24.0 Å². The van der Waals surface area contributed by atoms with Gasteiger partial charge in [-0.25, -0.2) is 0 Å². The highest BCUT2D eigenvalue weighted by Crippen LogP contribution is 2.38. The topological polar surface area (TPSA) is 71.2 Å². The normalized spacial score (nSPS) is 17.7. The number of phenols is 1. The van der Waals surface area contributed by atoms with Gasteiger partial charge in [-0.2, -0.15) is 5.10 Å². The van der Waals surface area contributed by atoms with Crippen LogP contribution in [0, 0.1) is 5.92 Å². The maximum atomic E-state index is 14.0. The summed E-state index contributed by atoms with van der Waals surface area (Å²) in [4.78, 5) is 20.5. The molecule has 0 radical (unpaired) electrons. The highest BCUT2D eigenvalue weighted by Gasteiger charge is 2.32. The van der Waals surface area contributed by atoms with Gasteiger partial charge < -0.3 is 10.0 Å². The van der Waals surface area contributed by atoms with Crippen molar-refractivity contribution in [3.63, 3.8) is 0 Å². The zero-order valence-corrected chi connectivity index (χ0v) is 19.4. The molecule has 172 valence electrons. The number of carbonyl (C=O) groups is 1. The van der Waals surface area contributed by atoms with E-state index in [1.807, 2.05) is 46.2 Å². The number of hydrogen-bond donors (Lipinski definition) is 1. The van der Waals surface area contributed by atoms with E-state index in [4.69, 9.17) is 0 Å². The van der Waals surface area contributed by atoms with Crippen molar-refractivity contribution in [2.45, 2.75) is 70.9 Å². The van der Waals surface area contributed by atoms with E-state index in [9.17, 15) is 9.90 Å². The first kappa shape index (κ1) is 21.7. The quantitative estimate of drug-likeness (QED) is 0.546. The summed E-state index contributed by atoms with van der Waals surface area (Å²) in [5.41, 5.74) is 4.69. The van der Waals surface area contributed by atoms with Crippen molar-refractivity contribution in [3.05, 3.63) is 71.3 Å². The highest BCUT2D eigenvalue weighted by molar-refractivity contribution is 5.98. The molecule has 33 heavy (non-hydrogen) atoms. The molecular weight excluding hydrogens is 412 g/mol. The second kappa shape index (κ2) is 9.00. The Hall–Kier alpha value is -3.15. The molecule has 1 atom stereocenters. The zero-order chi connectivity index (χ0) is 22.9. The maximum Gasteiger partial charge on any atom is 0.234 e. The Morgan fingerprint density at radius 1 is 1.18 bits per heavy atom. The third kappa shape index (κ3) is 4.65. The number of nitrogens with zero attached hydrogens (tertiary/aromatic N) is 4. The van der Waals surface area contributed by atoms with Gasteiger partial charge >= 0.3 is 0 Å². The lowest BCUT2D eigenvalue weighted by Crippen LogP contribution is -2.36. The summed E-state index contributed by atoms with van der Waals surface area (Å²) in [6.07, 6.45) is 10.8. The molecule has 1 amide bonds. The number of aromatic nitrogens is 3. The van der Waals surface area contributed by atoms with E-state index in [1.165, 1.54) is 12.8 Å². The summed E-state index contributed by atoms with van der Waals surface area (Å²) < 4.78 is 2.00. The molecule has 5 rings (SSSR count). The lowest BCUT2D eigenvalue weighted by atomic mass is 9.81. The van der Waals surface area contributed by atoms with Crippen LogP contribution in [0.1, 0.15) is 73.8 Å². The fourth-order valence-corrected chi connectivity index (χ4v) is 4.80. The summed E-state index contributed by atoms with van der Waals surface area (Å²) >= 11 is 0. The zero-order valence-electron chi connectivity index (χ0n) is 19.4. The van der Waals surface area contributed by atoms with Gasteiger partial charge in [0.2, 0.25) is 5.91 Å². The second-order valence-corrected chi connectivity index (χ2v) is 9.82. The molecule has 0 bridgehead atoms. The van der Waals surface area contributed by atoms with E-state index in [0.717, 1.165) is 59.8 Å². The van der Waals surface area contributed by atoms with Crippen LogP contribution in [0.25, 0.3) is 0 Å². The van der Waals surface area contributed by atoms with Crippen LogP contribution in [0.5, 0.6) is 5.75 Å². The molecule has 2 aromatic heterocycles. The van der Waals surface area contributed by atoms with Gasteiger partial charge in [-0.05, 0) is 73.3 Å². The SMILES string of the molecule is CC(C)c1ccc(N(Cc2cnn(CC3CC3)c2)C(=O)C2CCCc3c(O)cccc32)cn1. The van der Waals surface area contributed by atoms with Gasteiger partial charge in [0.05, 0.1) is 30.5 Å². The number of aromatic hydroxyl groups is 1. The van der Waals surface area contributed by atoms with Crippen molar-refractivity contribution < 1.29 is 9.90 Å². The molecule has 3 aromatic rings. The number of carbonyl (C=O) groups excluding carboxylic acids is 1. The van der Waals surface area contributed by atoms with Crippen LogP contribution in [0.3, 0.4) is 0 Å². The number of fused-ring (bicyclic) bond motifs is 1. The van der Waals surface area contributed by atoms with E-state index in [-0.39, 0.29) is 11.8 Å². The maximum absolute atomic E-state index is 14.0. The van der Waals surface area contributed by atoms with Crippen LogP contribution < -0.4 is 4.90 Å². The van der Waals surface area contributed by atoms with Crippen LogP contribution >= 0.6 is 0 Å². The van der Waals surface area contributed by atoms with Crippen molar-refractivity contribution >= 4 is 11.6 Å². The minimum absolute atomic E-state index is 0.0515. The number of phenolic OH excluding ortho intramolecular Hbond substituents is 1. The minimum Gasteiger partial charge on any atom is -0.508 e. The molecule has 0 saturated heterocycles. The Balaban J connectivity index is 1.46. The van der Waals surface area contributed by atoms with Gasteiger partial charge in [-0.15, -0.1) is 0 Å². The van der Waals surface area contributed by atoms with Gasteiger partial charge in [0.25, 0.3) is 0 Å². The molecule has 1 aromatic carbocycles. The van der Waals surface area contributed by atoms with Crippen molar-refractivity contribution in [3.8, 4) is 5.75 Å². The molecule has 2 aliphatic carbocycles. The molecular formula is C27H32N4O2. The lowest BCUT2D eigenvalue weighted by molar-refractivity contribution is -0.120. The second-order valence-electron chi connectivity index (χ2n) is 9.82. The molecule has 0 aliphatic heterocycles. The lowest BCUT2D eigenvalue weighted by Gasteiger charge is -2.31. The van der Waals surface area contributed by atoms with E-state index in [0.29, 0.717) is 18.2 Å². The summed E-state index contributed by atoms with van der Waals surface area (Å²) in [7, 11) is 0. The number of anilines is 1. The minimum atomic E-state index is -0.271. The Kier molecular flexibility index (Phi) is 5.92. The van der Waals surface area contributed by atoms with E-state index < -0.39 is 0 Å². The average molecular weight is 445 g/mol. The first-order chi connectivity index (χ1) is 16.0. The Labute approximate surface area is 195 Å². The van der Waals surface area contributed by atoms with E-state index >= 15 is 0 Å². The molecule has 1 fully saturated rings. The summed E-state index contributed by atoms with van der Waals surface area (Å²) in [6.45, 7) is 5.64. The number of rotatable bonds is 7. The summed E-state index contributed by atoms with van der Waals surface area (Å²) in [6, 6.07) is 9.55. The van der Waals surface area contributed by atoms with Crippen LogP contribution in [0.15, 0.2) is 48.9 Å². The highest BCUT2D eigenvalue weighted by atomic mass is 16.3. The van der Waals surface area contributed by atoms with Crippen molar-refractivity contribution in [2.75, 3.05) is 4.90 Å². The Bertz CT molecular complexity index is 1130. The summed E-state index contributed by atoms with van der Waals surface area (Å²) in [5, 5.41) is 14.9. The number of pyridine rings is 1. The smallest absolute Gasteiger partial charge is 0.234 e. The Morgan fingerprint density at radius 2 is 2.03 bits per heavy atom. The predicted molar refractivity (Wildman–Crippen MR) is 128 cm³/mol. The van der Waals surface area contributed by atoms with Gasteiger partial charge in [0.15, 0.2) is 0 Å². The van der Waals surface area contributed by atoms with Crippen LogP contribution in [-0.2, 0) is 24.3 Å². The number of amides is 1. The molecule has 6 heteroatoms. The summed E-state index contributed by atoms with van der Waals surface area (Å²) in [5.74, 6) is 1.15. The predicted octanol–water partition coefficient (Wildman–Crippen LogP) is 5.17. The average Bonchev–Trinajstić information content (AvgIpc) is 3.53. The first-order valence-electron chi connectivity index (χ1n) is 12.1. The van der Waals surface area contributed by atoms with Crippen molar-refractivity contribution in [1.29, 1.82) is 0 Å². The molecule has 1 N–H and O–H groups in total. The standard InChI is InChI=1S/C27H32N4O2/c1-18(2)25-12-11-21(14-28-25)31(17-20-13-29-30(16-20)15-19-9-10-19)27(33)24-7-3-6-23-22(24)5-4-8-26(23)32/h4-5,8,11-14,16,18-19,24,32H,3,6-7,9-10,15,17H2,1-2H3. The third-order valence-electron chi connectivity index (χ3n) is 6.89. The monoisotopic (exact) mass is 444 g/mol. The molecule has 1 unspecified atom stereocenters. The first-order valence-corrected chi connectivity index (χ1v) is 12.1. The van der Waals surface area contributed by atoms with Crippen molar-refractivity contribution in [1.82, 2.24) is 14.8 Å². The van der Waals surface area contributed by atoms with Crippen LogP contribution in [0.2, 0.25) is 0 Å². The van der Waals surface area contributed by atoms with E-state index in [2.05, 4.69) is 30.1 Å². The van der Waals surface area contributed by atoms with Gasteiger partial charge in [0.1, 0.15) is 5.75 Å². The van der Waals surface area contributed by atoms with Crippen LogP contribution in [-0.4, -0.2) is 25.8 Å². The molecule has 6 nitrogen and oxygen atoms in total. The fourth-order valence-electron chi connectivity index (χ4n) is 4.80. The van der Waals surface area contributed by atoms with Crippen LogP contribution in [0.4, 0.5) is 5.69 Å². The molecule has 2 aliphatic rings. The number of benzene rings is 1. The largest absolute Gasteiger partial charge is 0.508 e. The van der Waals surface area contributed by atoms with Gasteiger partial charge in [-0.3, -0.25) is 14.5 Å². The van der Waals surface area contributed by atoms with Gasteiger partial charge in [-0.1, -0.05) is 26.0 Å². The third-order valence-corrected chi connectivity index (χ3v) is 6.89. The Morgan fingerprint density at radius 3 is 2.76 bits per heavy atom. The number of hydrogen-bond acceptors (Lipinski definition) is 4. The fraction of sp³-hybridized carbons (Fsp3) is 0.444. The molecule has 1 saturated carbocycles. The van der Waals surface area contributed by atoms with E-state index in [1.54, 1.807) is 6.07 Å².